The van der Waals surface area contributed by atoms with Gasteiger partial charge < -0.3 is 15.4 Å². The second kappa shape index (κ2) is 9.87. The van der Waals surface area contributed by atoms with Crippen LogP contribution in [0.2, 0.25) is 0 Å². The smallest absolute Gasteiger partial charge is 0.329 e. The average molecular weight is 433 g/mol. The molecular formula is C20H21BrN2O4. The summed E-state index contributed by atoms with van der Waals surface area (Å²) in [6, 6.07) is 14.9. The molecule has 0 radical (unpaired) electrons. The van der Waals surface area contributed by atoms with Gasteiger partial charge in [-0.25, -0.2) is 4.79 Å². The van der Waals surface area contributed by atoms with Crippen molar-refractivity contribution >= 4 is 39.4 Å². The molecule has 0 saturated heterocycles. The number of para-hydroxylation sites is 1. The Balaban J connectivity index is 1.93. The summed E-state index contributed by atoms with van der Waals surface area (Å²) in [6.45, 7) is 3.15. The number of benzene rings is 2. The van der Waals surface area contributed by atoms with Crippen molar-refractivity contribution in [3.05, 3.63) is 64.6 Å². The van der Waals surface area contributed by atoms with Crippen molar-refractivity contribution in [2.45, 2.75) is 19.9 Å². The van der Waals surface area contributed by atoms with Crippen LogP contribution in [-0.4, -0.2) is 30.4 Å². The highest BCUT2D eigenvalue weighted by Crippen LogP contribution is 2.16. The Kier molecular flexibility index (Phi) is 7.55. The highest BCUT2D eigenvalue weighted by molar-refractivity contribution is 9.10. The molecule has 0 spiro atoms. The summed E-state index contributed by atoms with van der Waals surface area (Å²) < 4.78 is 5.71. The fraction of sp³-hybridized carbons (Fsp3) is 0.250. The first-order valence-electron chi connectivity index (χ1n) is 8.45. The van der Waals surface area contributed by atoms with E-state index in [4.69, 9.17) is 4.74 Å². The molecule has 2 rings (SSSR count). The normalized spacial score (nSPS) is 11.6. The van der Waals surface area contributed by atoms with Crippen molar-refractivity contribution in [3.8, 4) is 0 Å². The summed E-state index contributed by atoms with van der Waals surface area (Å²) in [7, 11) is 0. The van der Waals surface area contributed by atoms with E-state index in [9.17, 15) is 14.4 Å². The minimum Gasteiger partial charge on any atom is -0.454 e. The number of amides is 2. The summed E-state index contributed by atoms with van der Waals surface area (Å²) in [5.41, 5.74) is 1.03. The SMILES string of the molecule is CC(C)[C@H](NC(=O)c1ccccc1Br)C(=O)OCC(=O)Nc1ccccc1. The van der Waals surface area contributed by atoms with E-state index in [1.54, 1.807) is 62.4 Å². The lowest BCUT2D eigenvalue weighted by molar-refractivity contribution is -0.150. The molecule has 0 saturated carbocycles. The molecule has 6 nitrogen and oxygen atoms in total. The molecule has 0 heterocycles. The van der Waals surface area contributed by atoms with E-state index in [0.717, 1.165) is 0 Å². The molecule has 2 N–H and O–H groups in total. The zero-order valence-electron chi connectivity index (χ0n) is 15.1. The first kappa shape index (κ1) is 20.6. The molecule has 0 unspecified atom stereocenters. The maximum absolute atomic E-state index is 12.4. The topological polar surface area (TPSA) is 84.5 Å². The lowest BCUT2D eigenvalue weighted by Gasteiger charge is -2.21. The van der Waals surface area contributed by atoms with Crippen LogP contribution in [0.25, 0.3) is 0 Å². The lowest BCUT2D eigenvalue weighted by Crippen LogP contribution is -2.46. The fourth-order valence-electron chi connectivity index (χ4n) is 2.31. The van der Waals surface area contributed by atoms with Gasteiger partial charge in [-0.15, -0.1) is 0 Å². The molecule has 1 atom stereocenters. The number of rotatable bonds is 7. The van der Waals surface area contributed by atoms with Gasteiger partial charge in [-0.2, -0.15) is 0 Å². The molecule has 0 aromatic heterocycles. The molecule has 2 amide bonds. The van der Waals surface area contributed by atoms with E-state index in [-0.39, 0.29) is 5.92 Å². The number of carbonyl (C=O) groups is 3. The molecule has 2 aromatic carbocycles. The Labute approximate surface area is 166 Å². The van der Waals surface area contributed by atoms with Gasteiger partial charge in [-0.05, 0) is 46.1 Å². The largest absolute Gasteiger partial charge is 0.454 e. The molecule has 0 fully saturated rings. The second-order valence-electron chi connectivity index (χ2n) is 6.20. The van der Waals surface area contributed by atoms with E-state index in [1.165, 1.54) is 0 Å². The van der Waals surface area contributed by atoms with Crippen molar-refractivity contribution in [1.82, 2.24) is 5.32 Å². The molecule has 2 aromatic rings. The van der Waals surface area contributed by atoms with Crippen molar-refractivity contribution in [1.29, 1.82) is 0 Å². The van der Waals surface area contributed by atoms with E-state index in [0.29, 0.717) is 15.7 Å². The van der Waals surface area contributed by atoms with Crippen LogP contribution >= 0.6 is 15.9 Å². The number of hydrogen-bond acceptors (Lipinski definition) is 4. The Morgan fingerprint density at radius 1 is 1.00 bits per heavy atom. The molecule has 0 bridgehead atoms. The predicted octanol–water partition coefficient (Wildman–Crippen LogP) is 3.39. The first-order valence-corrected chi connectivity index (χ1v) is 9.24. The van der Waals surface area contributed by atoms with Gasteiger partial charge in [0.15, 0.2) is 6.61 Å². The molecule has 142 valence electrons. The standard InChI is InChI=1S/C20H21BrN2O4/c1-13(2)18(23-19(25)15-10-6-7-11-16(15)21)20(26)27-12-17(24)22-14-8-4-3-5-9-14/h3-11,13,18H,12H2,1-2H3,(H,22,24)(H,23,25)/t18-/m0/s1. The number of hydrogen-bond donors (Lipinski definition) is 2. The van der Waals surface area contributed by atoms with Crippen LogP contribution in [0.1, 0.15) is 24.2 Å². The number of anilines is 1. The van der Waals surface area contributed by atoms with Gasteiger partial charge in [0.1, 0.15) is 6.04 Å². The molecule has 0 aliphatic carbocycles. The van der Waals surface area contributed by atoms with E-state index >= 15 is 0 Å². The zero-order chi connectivity index (χ0) is 19.8. The van der Waals surface area contributed by atoms with Gasteiger partial charge in [0, 0.05) is 10.2 Å². The summed E-state index contributed by atoms with van der Waals surface area (Å²) in [5.74, 6) is -1.71. The van der Waals surface area contributed by atoms with Crippen LogP contribution in [0.5, 0.6) is 0 Å². The molecule has 0 aliphatic heterocycles. The van der Waals surface area contributed by atoms with Crippen molar-refractivity contribution in [2.75, 3.05) is 11.9 Å². The summed E-state index contributed by atoms with van der Waals surface area (Å²) in [5, 5.41) is 5.30. The predicted molar refractivity (Wildman–Crippen MR) is 106 cm³/mol. The highest BCUT2D eigenvalue weighted by atomic mass is 79.9. The zero-order valence-corrected chi connectivity index (χ0v) is 16.7. The van der Waals surface area contributed by atoms with E-state index in [2.05, 4.69) is 26.6 Å². The number of carbonyl (C=O) groups excluding carboxylic acids is 3. The first-order chi connectivity index (χ1) is 12.9. The van der Waals surface area contributed by atoms with Gasteiger partial charge in [-0.3, -0.25) is 9.59 Å². The molecule has 7 heteroatoms. The van der Waals surface area contributed by atoms with Crippen LogP contribution < -0.4 is 10.6 Å². The third-order valence-electron chi connectivity index (χ3n) is 3.73. The van der Waals surface area contributed by atoms with Crippen LogP contribution in [0.3, 0.4) is 0 Å². The van der Waals surface area contributed by atoms with Crippen molar-refractivity contribution in [2.24, 2.45) is 5.92 Å². The van der Waals surface area contributed by atoms with Gasteiger partial charge in [-0.1, -0.05) is 44.2 Å². The number of ether oxygens (including phenoxy) is 1. The van der Waals surface area contributed by atoms with E-state index < -0.39 is 30.4 Å². The van der Waals surface area contributed by atoms with Crippen molar-refractivity contribution in [3.63, 3.8) is 0 Å². The summed E-state index contributed by atoms with van der Waals surface area (Å²) in [4.78, 5) is 36.7. The monoisotopic (exact) mass is 432 g/mol. The number of nitrogens with one attached hydrogen (secondary N) is 2. The lowest BCUT2D eigenvalue weighted by atomic mass is 10.0. The van der Waals surface area contributed by atoms with Crippen LogP contribution in [0.4, 0.5) is 5.69 Å². The number of halogens is 1. The minimum atomic E-state index is -0.867. The maximum atomic E-state index is 12.4. The van der Waals surface area contributed by atoms with Crippen LogP contribution in [0, 0.1) is 5.92 Å². The third kappa shape index (κ3) is 6.21. The molecular weight excluding hydrogens is 412 g/mol. The summed E-state index contributed by atoms with van der Waals surface area (Å²) in [6.07, 6.45) is 0. The van der Waals surface area contributed by atoms with Gasteiger partial charge in [0.05, 0.1) is 5.56 Å². The van der Waals surface area contributed by atoms with Gasteiger partial charge >= 0.3 is 5.97 Å². The fourth-order valence-corrected chi connectivity index (χ4v) is 2.77. The quantitative estimate of drug-likeness (QED) is 0.656. The number of esters is 1. The Hall–Kier alpha value is -2.67. The maximum Gasteiger partial charge on any atom is 0.329 e. The molecule has 27 heavy (non-hydrogen) atoms. The Morgan fingerprint density at radius 3 is 2.26 bits per heavy atom. The van der Waals surface area contributed by atoms with Gasteiger partial charge in [0.25, 0.3) is 11.8 Å². The van der Waals surface area contributed by atoms with Crippen LogP contribution in [0.15, 0.2) is 59.1 Å². The third-order valence-corrected chi connectivity index (χ3v) is 4.42. The van der Waals surface area contributed by atoms with E-state index in [1.807, 2.05) is 6.07 Å². The Bertz CT molecular complexity index is 809. The average Bonchev–Trinajstić information content (AvgIpc) is 2.65. The van der Waals surface area contributed by atoms with Crippen molar-refractivity contribution < 1.29 is 19.1 Å². The van der Waals surface area contributed by atoms with Gasteiger partial charge in [0.2, 0.25) is 0 Å². The van der Waals surface area contributed by atoms with Crippen LogP contribution in [-0.2, 0) is 14.3 Å². The molecule has 0 aliphatic rings. The highest BCUT2D eigenvalue weighted by Gasteiger charge is 2.27. The second-order valence-corrected chi connectivity index (χ2v) is 7.05. The summed E-state index contributed by atoms with van der Waals surface area (Å²) >= 11 is 3.31. The Morgan fingerprint density at radius 2 is 1.63 bits per heavy atom. The minimum absolute atomic E-state index is 0.207.